The van der Waals surface area contributed by atoms with E-state index in [0.29, 0.717) is 16.8 Å². The van der Waals surface area contributed by atoms with Crippen LogP contribution in [-0.4, -0.2) is 16.4 Å². The zero-order chi connectivity index (χ0) is 16.9. The predicted octanol–water partition coefficient (Wildman–Crippen LogP) is 2.13. The molecule has 0 atom stereocenters. The number of nitrogen functional groups attached to an aromatic ring is 1. The highest BCUT2D eigenvalue weighted by molar-refractivity contribution is 5.99. The number of nitrogens with zero attached hydrogens (tertiary/aromatic N) is 1. The van der Waals surface area contributed by atoms with Crippen molar-refractivity contribution in [3.8, 4) is 5.69 Å². The standard InChI is InChI=1S/C18H16N4O2/c19-15-7-3-13(4-8-15)17(23)20-21-18(24)14-5-9-16(10-6-14)22-11-1-2-12-22/h1-12H,19H2,(H,20,23)(H,21,24). The highest BCUT2D eigenvalue weighted by atomic mass is 16.2. The van der Waals surface area contributed by atoms with Crippen molar-refractivity contribution < 1.29 is 9.59 Å². The van der Waals surface area contributed by atoms with Crippen LogP contribution in [0, 0.1) is 0 Å². The monoisotopic (exact) mass is 320 g/mol. The topological polar surface area (TPSA) is 89.2 Å². The summed E-state index contributed by atoms with van der Waals surface area (Å²) in [5, 5.41) is 0. The molecule has 1 heterocycles. The maximum absolute atomic E-state index is 12.1. The van der Waals surface area contributed by atoms with E-state index in [-0.39, 0.29) is 0 Å². The Morgan fingerprint density at radius 3 is 1.71 bits per heavy atom. The predicted molar refractivity (Wildman–Crippen MR) is 91.6 cm³/mol. The Labute approximate surface area is 138 Å². The van der Waals surface area contributed by atoms with E-state index in [1.807, 2.05) is 41.2 Å². The number of aromatic nitrogens is 1. The van der Waals surface area contributed by atoms with Gasteiger partial charge in [-0.1, -0.05) is 0 Å². The molecule has 24 heavy (non-hydrogen) atoms. The first-order valence-electron chi connectivity index (χ1n) is 7.33. The average molecular weight is 320 g/mol. The molecule has 3 rings (SSSR count). The van der Waals surface area contributed by atoms with Gasteiger partial charge in [0.2, 0.25) is 0 Å². The number of hydrogen-bond donors (Lipinski definition) is 3. The molecule has 0 bridgehead atoms. The second-order valence-corrected chi connectivity index (χ2v) is 5.17. The smallest absolute Gasteiger partial charge is 0.269 e. The largest absolute Gasteiger partial charge is 0.399 e. The van der Waals surface area contributed by atoms with Crippen LogP contribution in [0.15, 0.2) is 73.1 Å². The Hall–Kier alpha value is -3.54. The van der Waals surface area contributed by atoms with Crippen molar-refractivity contribution in [1.82, 2.24) is 15.4 Å². The number of nitrogens with two attached hydrogens (primary N) is 1. The van der Waals surface area contributed by atoms with Crippen LogP contribution in [0.4, 0.5) is 5.69 Å². The zero-order valence-corrected chi connectivity index (χ0v) is 12.8. The van der Waals surface area contributed by atoms with Gasteiger partial charge < -0.3 is 10.3 Å². The van der Waals surface area contributed by atoms with Gasteiger partial charge in [0.15, 0.2) is 0 Å². The van der Waals surface area contributed by atoms with E-state index < -0.39 is 11.8 Å². The van der Waals surface area contributed by atoms with Gasteiger partial charge in [-0.3, -0.25) is 20.4 Å². The molecule has 0 saturated heterocycles. The van der Waals surface area contributed by atoms with Crippen molar-refractivity contribution in [2.24, 2.45) is 0 Å². The van der Waals surface area contributed by atoms with Crippen molar-refractivity contribution in [3.63, 3.8) is 0 Å². The maximum atomic E-state index is 12.1. The molecule has 0 spiro atoms. The van der Waals surface area contributed by atoms with Gasteiger partial charge in [0.1, 0.15) is 0 Å². The molecule has 6 heteroatoms. The number of carbonyl (C=O) groups is 2. The molecular weight excluding hydrogens is 304 g/mol. The zero-order valence-electron chi connectivity index (χ0n) is 12.8. The minimum atomic E-state index is -0.410. The molecule has 0 radical (unpaired) electrons. The van der Waals surface area contributed by atoms with Gasteiger partial charge in [0, 0.05) is 34.9 Å². The third-order valence-electron chi connectivity index (χ3n) is 3.49. The van der Waals surface area contributed by atoms with E-state index in [1.54, 1.807) is 36.4 Å². The first-order valence-corrected chi connectivity index (χ1v) is 7.33. The van der Waals surface area contributed by atoms with Gasteiger partial charge in [-0.2, -0.15) is 0 Å². The fourth-order valence-electron chi connectivity index (χ4n) is 2.18. The van der Waals surface area contributed by atoms with Crippen LogP contribution in [0.5, 0.6) is 0 Å². The summed E-state index contributed by atoms with van der Waals surface area (Å²) in [4.78, 5) is 24.0. The number of hydrogen-bond acceptors (Lipinski definition) is 3. The Kier molecular flexibility index (Phi) is 4.29. The summed E-state index contributed by atoms with van der Waals surface area (Å²) in [6, 6.07) is 17.3. The Balaban J connectivity index is 1.60. The fourth-order valence-corrected chi connectivity index (χ4v) is 2.18. The molecule has 120 valence electrons. The number of benzene rings is 2. The third-order valence-corrected chi connectivity index (χ3v) is 3.49. The SMILES string of the molecule is Nc1ccc(C(=O)NNC(=O)c2ccc(-n3cccc3)cc2)cc1. The van der Waals surface area contributed by atoms with Gasteiger partial charge in [0.05, 0.1) is 0 Å². The Morgan fingerprint density at radius 2 is 1.21 bits per heavy atom. The number of carbonyl (C=O) groups excluding carboxylic acids is 2. The second kappa shape index (κ2) is 6.70. The van der Waals surface area contributed by atoms with E-state index in [9.17, 15) is 9.59 Å². The van der Waals surface area contributed by atoms with Crippen LogP contribution in [0.1, 0.15) is 20.7 Å². The number of amides is 2. The van der Waals surface area contributed by atoms with E-state index in [1.165, 1.54) is 0 Å². The first-order chi connectivity index (χ1) is 11.6. The highest BCUT2D eigenvalue weighted by Gasteiger charge is 2.09. The van der Waals surface area contributed by atoms with Crippen molar-refractivity contribution in [3.05, 3.63) is 84.2 Å². The lowest BCUT2D eigenvalue weighted by molar-refractivity contribution is 0.0846. The second-order valence-electron chi connectivity index (χ2n) is 5.17. The average Bonchev–Trinajstić information content (AvgIpc) is 3.15. The Bertz CT molecular complexity index is 838. The minimum Gasteiger partial charge on any atom is -0.399 e. The maximum Gasteiger partial charge on any atom is 0.269 e. The molecule has 4 N–H and O–H groups in total. The van der Waals surface area contributed by atoms with Crippen LogP contribution < -0.4 is 16.6 Å². The molecule has 0 saturated carbocycles. The van der Waals surface area contributed by atoms with Crippen LogP contribution >= 0.6 is 0 Å². The molecule has 0 aliphatic carbocycles. The van der Waals surface area contributed by atoms with E-state index >= 15 is 0 Å². The lowest BCUT2D eigenvalue weighted by Crippen LogP contribution is -2.41. The highest BCUT2D eigenvalue weighted by Crippen LogP contribution is 2.10. The Morgan fingerprint density at radius 1 is 0.750 bits per heavy atom. The van der Waals surface area contributed by atoms with Crippen LogP contribution in [0.25, 0.3) is 5.69 Å². The van der Waals surface area contributed by atoms with Crippen LogP contribution in [-0.2, 0) is 0 Å². The molecule has 1 aromatic heterocycles. The number of hydrazine groups is 1. The van der Waals surface area contributed by atoms with Crippen molar-refractivity contribution in [1.29, 1.82) is 0 Å². The molecule has 0 fully saturated rings. The summed E-state index contributed by atoms with van der Waals surface area (Å²) in [6.07, 6.45) is 3.84. The summed E-state index contributed by atoms with van der Waals surface area (Å²) in [5.74, 6) is -0.801. The summed E-state index contributed by atoms with van der Waals surface area (Å²) >= 11 is 0. The van der Waals surface area contributed by atoms with E-state index in [4.69, 9.17) is 5.73 Å². The van der Waals surface area contributed by atoms with Gasteiger partial charge >= 0.3 is 0 Å². The van der Waals surface area contributed by atoms with Crippen LogP contribution in [0.2, 0.25) is 0 Å². The lowest BCUT2D eigenvalue weighted by atomic mass is 10.2. The summed E-state index contributed by atoms with van der Waals surface area (Å²) < 4.78 is 1.94. The third kappa shape index (κ3) is 3.44. The quantitative estimate of drug-likeness (QED) is 0.510. The number of rotatable bonds is 3. The molecule has 0 unspecified atom stereocenters. The van der Waals surface area contributed by atoms with Crippen molar-refractivity contribution >= 4 is 17.5 Å². The summed E-state index contributed by atoms with van der Waals surface area (Å²) in [5.41, 5.74) is 12.7. The van der Waals surface area contributed by atoms with Gasteiger partial charge in [-0.15, -0.1) is 0 Å². The van der Waals surface area contributed by atoms with Gasteiger partial charge in [-0.25, -0.2) is 0 Å². The molecule has 2 amide bonds. The number of anilines is 1. The van der Waals surface area contributed by atoms with Gasteiger partial charge in [-0.05, 0) is 60.7 Å². The fraction of sp³-hybridized carbons (Fsp3) is 0. The molecule has 0 aliphatic heterocycles. The lowest BCUT2D eigenvalue weighted by Gasteiger charge is -2.08. The molecule has 3 aromatic rings. The summed E-state index contributed by atoms with van der Waals surface area (Å²) in [7, 11) is 0. The first kappa shape index (κ1) is 15.4. The van der Waals surface area contributed by atoms with E-state index in [2.05, 4.69) is 10.9 Å². The minimum absolute atomic E-state index is 0.391. The normalized spacial score (nSPS) is 10.2. The molecule has 6 nitrogen and oxygen atoms in total. The summed E-state index contributed by atoms with van der Waals surface area (Å²) in [6.45, 7) is 0. The van der Waals surface area contributed by atoms with Crippen molar-refractivity contribution in [2.75, 3.05) is 5.73 Å². The number of nitrogens with one attached hydrogen (secondary N) is 2. The van der Waals surface area contributed by atoms with Crippen molar-refractivity contribution in [2.45, 2.75) is 0 Å². The molecule has 2 aromatic carbocycles. The van der Waals surface area contributed by atoms with Crippen LogP contribution in [0.3, 0.4) is 0 Å². The molecule has 0 aliphatic rings. The van der Waals surface area contributed by atoms with E-state index in [0.717, 1.165) is 5.69 Å². The molecular formula is C18H16N4O2. The van der Waals surface area contributed by atoms with Gasteiger partial charge in [0.25, 0.3) is 11.8 Å².